The van der Waals surface area contributed by atoms with Crippen molar-refractivity contribution in [3.63, 3.8) is 0 Å². The van der Waals surface area contributed by atoms with Gasteiger partial charge in [-0.15, -0.1) is 0 Å². The Morgan fingerprint density at radius 3 is 1.61 bits per heavy atom. The van der Waals surface area contributed by atoms with E-state index in [1.165, 1.54) is 0 Å². The highest BCUT2D eigenvalue weighted by molar-refractivity contribution is 6.08. The second kappa shape index (κ2) is 10.8. The minimum atomic E-state index is -1.14. The van der Waals surface area contributed by atoms with E-state index in [2.05, 4.69) is 5.32 Å². The van der Waals surface area contributed by atoms with E-state index in [-0.39, 0.29) is 12.2 Å². The lowest BCUT2D eigenvalue weighted by Gasteiger charge is -2.31. The molecule has 4 rings (SSSR count). The molecule has 5 heteroatoms. The highest BCUT2D eigenvalue weighted by Crippen LogP contribution is 2.32. The minimum absolute atomic E-state index is 0.0839. The number of amides is 1. The molecule has 2 N–H and O–H groups in total. The van der Waals surface area contributed by atoms with Crippen LogP contribution < -0.4 is 5.32 Å². The van der Waals surface area contributed by atoms with Crippen LogP contribution in [0.5, 0.6) is 0 Å². The van der Waals surface area contributed by atoms with Gasteiger partial charge in [-0.1, -0.05) is 115 Å². The number of carbonyl (C=O) groups excluding carboxylic acids is 2. The number of rotatable bonds is 9. The number of aliphatic carboxylic acids is 1. The average Bonchev–Trinajstić information content (AvgIpc) is 2.93. The average molecular weight is 478 g/mol. The molecule has 5 nitrogen and oxygen atoms in total. The van der Waals surface area contributed by atoms with Crippen LogP contribution >= 0.6 is 0 Å². The molecule has 0 saturated heterocycles. The molecule has 1 atom stereocenters. The monoisotopic (exact) mass is 477 g/mol. The van der Waals surface area contributed by atoms with E-state index in [1.807, 2.05) is 66.7 Å². The maximum Gasteiger partial charge on any atom is 0.326 e. The van der Waals surface area contributed by atoms with Gasteiger partial charge in [0, 0.05) is 17.5 Å². The second-order valence-electron chi connectivity index (χ2n) is 8.82. The summed E-state index contributed by atoms with van der Waals surface area (Å²) in [5.41, 5.74) is 2.25. The van der Waals surface area contributed by atoms with Gasteiger partial charge in [-0.2, -0.15) is 0 Å². The molecule has 0 heterocycles. The fraction of sp³-hybridized carbons (Fsp3) is 0.129. The molecule has 0 saturated carbocycles. The van der Waals surface area contributed by atoms with Crippen LogP contribution in [0, 0.1) is 0 Å². The zero-order chi connectivity index (χ0) is 25.5. The topological polar surface area (TPSA) is 83.5 Å². The second-order valence-corrected chi connectivity index (χ2v) is 8.82. The molecule has 0 bridgehead atoms. The standard InChI is InChI=1S/C31H27NO4/c1-31(25-13-7-3-8-14-25,26-15-9-4-10-16-26)30(36)32-27(29(34)35)21-22-17-19-24(20-18-22)28(33)23-11-5-2-6-12-23/h2-20,27H,21H2,1H3,(H,32,36)(H,34,35)/t27-/m1/s1. The fourth-order valence-electron chi connectivity index (χ4n) is 4.26. The van der Waals surface area contributed by atoms with E-state index in [1.54, 1.807) is 55.5 Å². The van der Waals surface area contributed by atoms with Crippen molar-refractivity contribution < 1.29 is 19.5 Å². The third-order valence-electron chi connectivity index (χ3n) is 6.45. The minimum Gasteiger partial charge on any atom is -0.480 e. The highest BCUT2D eigenvalue weighted by Gasteiger charge is 2.39. The summed E-state index contributed by atoms with van der Waals surface area (Å²) >= 11 is 0. The van der Waals surface area contributed by atoms with E-state index in [0.717, 1.165) is 11.1 Å². The summed E-state index contributed by atoms with van der Waals surface area (Å²) in [5, 5.41) is 12.7. The summed E-state index contributed by atoms with van der Waals surface area (Å²) in [6.07, 6.45) is 0.0839. The highest BCUT2D eigenvalue weighted by atomic mass is 16.4. The summed E-state index contributed by atoms with van der Waals surface area (Å²) in [6.45, 7) is 1.80. The molecule has 0 spiro atoms. The van der Waals surface area contributed by atoms with Crippen LogP contribution in [0.4, 0.5) is 0 Å². The Kier molecular flexibility index (Phi) is 7.40. The summed E-state index contributed by atoms with van der Waals surface area (Å²) in [4.78, 5) is 38.4. The van der Waals surface area contributed by atoms with Gasteiger partial charge < -0.3 is 10.4 Å². The molecule has 180 valence electrons. The molecule has 36 heavy (non-hydrogen) atoms. The van der Waals surface area contributed by atoms with Crippen molar-refractivity contribution in [1.29, 1.82) is 0 Å². The first kappa shape index (κ1) is 24.6. The Labute approximate surface area is 210 Å². The van der Waals surface area contributed by atoms with Gasteiger partial charge in [0.25, 0.3) is 0 Å². The van der Waals surface area contributed by atoms with Gasteiger partial charge in [-0.3, -0.25) is 9.59 Å². The number of carboxylic acid groups (broad SMARTS) is 1. The van der Waals surface area contributed by atoms with Crippen molar-refractivity contribution in [1.82, 2.24) is 5.32 Å². The predicted molar refractivity (Wildman–Crippen MR) is 139 cm³/mol. The van der Waals surface area contributed by atoms with E-state index in [0.29, 0.717) is 16.7 Å². The molecular weight excluding hydrogens is 450 g/mol. The molecule has 4 aromatic rings. The van der Waals surface area contributed by atoms with Crippen LogP contribution in [0.3, 0.4) is 0 Å². The Balaban J connectivity index is 1.55. The van der Waals surface area contributed by atoms with E-state index < -0.39 is 23.3 Å². The summed E-state index contributed by atoms with van der Waals surface area (Å²) in [5.74, 6) is -1.63. The number of benzene rings is 4. The first-order valence-electron chi connectivity index (χ1n) is 11.7. The first-order chi connectivity index (χ1) is 17.4. The van der Waals surface area contributed by atoms with Crippen LogP contribution in [0.2, 0.25) is 0 Å². The summed E-state index contributed by atoms with van der Waals surface area (Å²) in [7, 11) is 0. The maximum atomic E-state index is 13.7. The number of ketones is 1. The lowest BCUT2D eigenvalue weighted by molar-refractivity contribution is -0.142. The Morgan fingerprint density at radius 1 is 0.694 bits per heavy atom. The molecular formula is C31H27NO4. The summed E-state index contributed by atoms with van der Waals surface area (Å²) < 4.78 is 0. The third kappa shape index (κ3) is 5.26. The normalized spacial score (nSPS) is 11.9. The molecule has 0 fully saturated rings. The Hall–Kier alpha value is -4.51. The van der Waals surface area contributed by atoms with Crippen molar-refractivity contribution in [3.05, 3.63) is 143 Å². The zero-order valence-electron chi connectivity index (χ0n) is 19.9. The molecule has 0 radical (unpaired) electrons. The molecule has 0 aliphatic rings. The van der Waals surface area contributed by atoms with Crippen LogP contribution in [0.25, 0.3) is 0 Å². The fourth-order valence-corrected chi connectivity index (χ4v) is 4.26. The Morgan fingerprint density at radius 2 is 1.14 bits per heavy atom. The van der Waals surface area contributed by atoms with Crippen molar-refractivity contribution in [2.24, 2.45) is 0 Å². The number of carboxylic acids is 1. The predicted octanol–water partition coefficient (Wildman–Crippen LogP) is 5.04. The van der Waals surface area contributed by atoms with Crippen LogP contribution in [-0.4, -0.2) is 28.8 Å². The van der Waals surface area contributed by atoms with Crippen molar-refractivity contribution >= 4 is 17.7 Å². The van der Waals surface area contributed by atoms with E-state index >= 15 is 0 Å². The van der Waals surface area contributed by atoms with Gasteiger partial charge in [0.15, 0.2) is 5.78 Å². The van der Waals surface area contributed by atoms with Crippen molar-refractivity contribution in [3.8, 4) is 0 Å². The number of carbonyl (C=O) groups is 3. The Bertz CT molecular complexity index is 1290. The molecule has 0 unspecified atom stereocenters. The number of hydrogen-bond donors (Lipinski definition) is 2. The van der Waals surface area contributed by atoms with Gasteiger partial charge >= 0.3 is 5.97 Å². The maximum absolute atomic E-state index is 13.7. The van der Waals surface area contributed by atoms with Gasteiger partial charge in [0.05, 0.1) is 5.41 Å². The third-order valence-corrected chi connectivity index (χ3v) is 6.45. The first-order valence-corrected chi connectivity index (χ1v) is 11.7. The molecule has 0 aliphatic heterocycles. The van der Waals surface area contributed by atoms with E-state index in [9.17, 15) is 19.5 Å². The van der Waals surface area contributed by atoms with Gasteiger partial charge in [-0.05, 0) is 23.6 Å². The largest absolute Gasteiger partial charge is 0.480 e. The molecule has 0 aromatic heterocycles. The van der Waals surface area contributed by atoms with E-state index in [4.69, 9.17) is 0 Å². The molecule has 1 amide bonds. The van der Waals surface area contributed by atoms with Crippen LogP contribution in [0.1, 0.15) is 39.5 Å². The molecule has 0 aliphatic carbocycles. The summed E-state index contributed by atoms with van der Waals surface area (Å²) in [6, 6.07) is 33.3. The van der Waals surface area contributed by atoms with Gasteiger partial charge in [0.2, 0.25) is 5.91 Å². The zero-order valence-corrected chi connectivity index (χ0v) is 19.9. The SMILES string of the molecule is CC(C(=O)N[C@H](Cc1ccc(C(=O)c2ccccc2)cc1)C(=O)O)(c1ccccc1)c1ccccc1. The number of nitrogens with one attached hydrogen (secondary N) is 1. The van der Waals surface area contributed by atoms with Crippen molar-refractivity contribution in [2.45, 2.75) is 24.8 Å². The quantitative estimate of drug-likeness (QED) is 0.331. The van der Waals surface area contributed by atoms with Crippen molar-refractivity contribution in [2.75, 3.05) is 0 Å². The molecule has 4 aromatic carbocycles. The number of hydrogen-bond acceptors (Lipinski definition) is 3. The lowest BCUT2D eigenvalue weighted by Crippen LogP contribution is -2.50. The lowest BCUT2D eigenvalue weighted by atomic mass is 9.75. The van der Waals surface area contributed by atoms with Crippen LogP contribution in [0.15, 0.2) is 115 Å². The smallest absolute Gasteiger partial charge is 0.326 e. The van der Waals surface area contributed by atoms with Gasteiger partial charge in [-0.25, -0.2) is 4.79 Å². The van der Waals surface area contributed by atoms with Crippen LogP contribution in [-0.2, 0) is 21.4 Å². The van der Waals surface area contributed by atoms with Gasteiger partial charge in [0.1, 0.15) is 6.04 Å².